The van der Waals surface area contributed by atoms with Gasteiger partial charge in [-0.25, -0.2) is 0 Å². The lowest BCUT2D eigenvalue weighted by Crippen LogP contribution is -1.95. The van der Waals surface area contributed by atoms with Gasteiger partial charge in [0.05, 0.1) is 27.6 Å². The number of rotatable bonds is 3. The highest BCUT2D eigenvalue weighted by Gasteiger charge is 2.19. The fourth-order valence-electron chi connectivity index (χ4n) is 7.53. The largest absolute Gasteiger partial charge is 0.316 e. The second-order valence-corrected chi connectivity index (χ2v) is 11.8. The van der Waals surface area contributed by atoms with E-state index >= 15 is 0 Å². The Bertz CT molecular complexity index is 2740. The minimum Gasteiger partial charge on any atom is -0.316 e. The van der Waals surface area contributed by atoms with Crippen LogP contribution in [-0.4, -0.2) is 13.7 Å². The van der Waals surface area contributed by atoms with E-state index in [9.17, 15) is 0 Å². The predicted molar refractivity (Wildman–Crippen MR) is 189 cm³/mol. The molecule has 45 heavy (non-hydrogen) atoms. The van der Waals surface area contributed by atoms with E-state index in [1.807, 2.05) is 0 Å². The van der Waals surface area contributed by atoms with E-state index < -0.39 is 0 Å². The Balaban J connectivity index is 1.30. The molecule has 0 aliphatic carbocycles. The molecule has 0 saturated heterocycles. The summed E-state index contributed by atoms with van der Waals surface area (Å²) in [6.45, 7) is 0. The lowest BCUT2D eigenvalue weighted by Gasteiger charge is -2.12. The summed E-state index contributed by atoms with van der Waals surface area (Å²) in [5.74, 6) is 0. The van der Waals surface area contributed by atoms with Gasteiger partial charge in [0, 0.05) is 55.6 Å². The normalized spacial score (nSPS) is 12.0. The van der Waals surface area contributed by atoms with Crippen molar-refractivity contribution in [3.05, 3.63) is 164 Å². The van der Waals surface area contributed by atoms with Gasteiger partial charge in [0.15, 0.2) is 0 Å². The molecule has 210 valence electrons. The van der Waals surface area contributed by atoms with Gasteiger partial charge >= 0.3 is 0 Å². The molecule has 0 bridgehead atoms. The Morgan fingerprint density at radius 3 is 1.64 bits per heavy atom. The van der Waals surface area contributed by atoms with Gasteiger partial charge < -0.3 is 13.7 Å². The van der Waals surface area contributed by atoms with Crippen molar-refractivity contribution in [2.24, 2.45) is 0 Å². The van der Waals surface area contributed by atoms with Crippen LogP contribution in [0.1, 0.15) is 0 Å². The van der Waals surface area contributed by atoms with E-state index in [0.717, 1.165) is 5.69 Å². The zero-order valence-electron chi connectivity index (χ0n) is 24.4. The van der Waals surface area contributed by atoms with Crippen LogP contribution >= 0.6 is 0 Å². The number of benzene rings is 7. The molecule has 10 aromatic rings. The number of fused-ring (bicyclic) bond motifs is 10. The van der Waals surface area contributed by atoms with Gasteiger partial charge in [-0.3, -0.25) is 0 Å². The Hall–Kier alpha value is -6.06. The molecule has 0 amide bonds. The molecule has 0 fully saturated rings. The van der Waals surface area contributed by atoms with Crippen LogP contribution < -0.4 is 0 Å². The Morgan fingerprint density at radius 1 is 0.333 bits per heavy atom. The fraction of sp³-hybridized carbons (Fsp3) is 0. The van der Waals surface area contributed by atoms with Crippen molar-refractivity contribution in [2.45, 2.75) is 0 Å². The van der Waals surface area contributed by atoms with Crippen LogP contribution in [0.25, 0.3) is 82.3 Å². The van der Waals surface area contributed by atoms with Crippen molar-refractivity contribution in [1.82, 2.24) is 13.7 Å². The van der Waals surface area contributed by atoms with Gasteiger partial charge in [-0.2, -0.15) is 0 Å². The monoisotopic (exact) mass is 573 g/mol. The summed E-state index contributed by atoms with van der Waals surface area (Å²) in [5, 5.41) is 8.83. The van der Waals surface area contributed by atoms with Crippen molar-refractivity contribution in [3.8, 4) is 17.1 Å². The van der Waals surface area contributed by atoms with Gasteiger partial charge in [0.1, 0.15) is 0 Å². The maximum absolute atomic E-state index is 2.40. The van der Waals surface area contributed by atoms with E-state index in [1.54, 1.807) is 0 Å². The fourth-order valence-corrected chi connectivity index (χ4v) is 7.53. The number of hydrogen-bond donors (Lipinski definition) is 0. The first-order chi connectivity index (χ1) is 22.3. The predicted octanol–water partition coefficient (Wildman–Crippen LogP) is 11.0. The lowest BCUT2D eigenvalue weighted by molar-refractivity contribution is 1.13. The number of aromatic nitrogens is 3. The molecule has 0 radical (unpaired) electrons. The second kappa shape index (κ2) is 9.22. The summed E-state index contributed by atoms with van der Waals surface area (Å²) in [7, 11) is 0. The van der Waals surface area contributed by atoms with Gasteiger partial charge in [0.2, 0.25) is 0 Å². The average molecular weight is 574 g/mol. The smallest absolute Gasteiger partial charge is 0.0613 e. The SMILES string of the molecule is c1ccc(-n2c3ccccc3c3cc(-n4ccc5ccc6ccc7c(c8ccccc8n7-c7ccccc7)c6c54)ccc32)cc1. The van der Waals surface area contributed by atoms with Gasteiger partial charge in [-0.05, 0) is 72.1 Å². The van der Waals surface area contributed by atoms with Crippen LogP contribution in [-0.2, 0) is 0 Å². The highest BCUT2D eigenvalue weighted by Crippen LogP contribution is 2.41. The van der Waals surface area contributed by atoms with Crippen LogP contribution in [0.5, 0.6) is 0 Å². The minimum atomic E-state index is 1.16. The molecule has 0 aliphatic rings. The summed E-state index contributed by atoms with van der Waals surface area (Å²) in [4.78, 5) is 0. The third-order valence-electron chi connectivity index (χ3n) is 9.43. The number of para-hydroxylation sites is 4. The minimum absolute atomic E-state index is 1.16. The van der Waals surface area contributed by atoms with Gasteiger partial charge in [0.25, 0.3) is 0 Å². The van der Waals surface area contributed by atoms with Crippen molar-refractivity contribution in [3.63, 3.8) is 0 Å². The summed E-state index contributed by atoms with van der Waals surface area (Å²) < 4.78 is 7.17. The van der Waals surface area contributed by atoms with Crippen LogP contribution in [0.3, 0.4) is 0 Å². The van der Waals surface area contributed by atoms with E-state index in [2.05, 4.69) is 178 Å². The maximum Gasteiger partial charge on any atom is 0.0613 e. The van der Waals surface area contributed by atoms with Crippen molar-refractivity contribution in [2.75, 3.05) is 0 Å². The quantitative estimate of drug-likeness (QED) is 0.200. The zero-order valence-corrected chi connectivity index (χ0v) is 24.4. The highest BCUT2D eigenvalue weighted by atomic mass is 15.0. The van der Waals surface area contributed by atoms with Crippen molar-refractivity contribution >= 4 is 65.3 Å². The molecule has 3 heterocycles. The van der Waals surface area contributed by atoms with Crippen molar-refractivity contribution < 1.29 is 0 Å². The standard InChI is InChI=1S/C42H27N3/c1-3-11-30(12-4-1)44-36-17-9-7-15-33(36)35-27-32(22-24-38(35)44)43-26-25-29-20-19-28-21-23-39-41(40(28)42(29)43)34-16-8-10-18-37(34)45(39)31-13-5-2-6-14-31/h1-27H. The third-order valence-corrected chi connectivity index (χ3v) is 9.43. The van der Waals surface area contributed by atoms with Crippen LogP contribution in [0.15, 0.2) is 164 Å². The molecule has 3 heteroatoms. The highest BCUT2D eigenvalue weighted by molar-refractivity contribution is 6.28. The Morgan fingerprint density at radius 2 is 0.889 bits per heavy atom. The molecular weight excluding hydrogens is 546 g/mol. The van der Waals surface area contributed by atoms with Gasteiger partial charge in [-0.1, -0.05) is 91.0 Å². The molecule has 3 nitrogen and oxygen atoms in total. The molecule has 0 unspecified atom stereocenters. The lowest BCUT2D eigenvalue weighted by atomic mass is 10.0. The van der Waals surface area contributed by atoms with Crippen molar-refractivity contribution in [1.29, 1.82) is 0 Å². The molecule has 0 N–H and O–H groups in total. The van der Waals surface area contributed by atoms with Crippen LogP contribution in [0, 0.1) is 0 Å². The maximum atomic E-state index is 2.40. The summed E-state index contributed by atoms with van der Waals surface area (Å²) in [6.07, 6.45) is 2.23. The Labute approximate surface area is 259 Å². The molecule has 0 saturated carbocycles. The first-order valence-corrected chi connectivity index (χ1v) is 15.5. The summed E-state index contributed by atoms with van der Waals surface area (Å²) in [5.41, 5.74) is 9.60. The zero-order chi connectivity index (χ0) is 29.5. The molecule has 0 atom stereocenters. The topological polar surface area (TPSA) is 14.8 Å². The molecule has 0 spiro atoms. The summed E-state index contributed by atoms with van der Waals surface area (Å²) >= 11 is 0. The van der Waals surface area contributed by atoms with E-state index in [4.69, 9.17) is 0 Å². The molecule has 7 aromatic carbocycles. The van der Waals surface area contributed by atoms with E-state index in [-0.39, 0.29) is 0 Å². The Kier molecular flexibility index (Phi) is 5.00. The third kappa shape index (κ3) is 3.41. The number of nitrogens with zero attached hydrogens (tertiary/aromatic N) is 3. The van der Waals surface area contributed by atoms with E-state index in [0.29, 0.717) is 0 Å². The molecule has 0 aliphatic heterocycles. The summed E-state index contributed by atoms with van der Waals surface area (Å²) in [6, 6.07) is 57.2. The molecular formula is C42H27N3. The van der Waals surface area contributed by atoms with Crippen LogP contribution in [0.2, 0.25) is 0 Å². The van der Waals surface area contributed by atoms with E-state index in [1.165, 1.54) is 76.7 Å². The molecule has 3 aromatic heterocycles. The van der Waals surface area contributed by atoms with Crippen LogP contribution in [0.4, 0.5) is 0 Å². The molecule has 10 rings (SSSR count). The first-order valence-electron chi connectivity index (χ1n) is 15.5. The average Bonchev–Trinajstić information content (AvgIpc) is 3.79. The second-order valence-electron chi connectivity index (χ2n) is 11.8. The number of hydrogen-bond acceptors (Lipinski definition) is 0. The first kappa shape index (κ1) is 24.4. The van der Waals surface area contributed by atoms with Gasteiger partial charge in [-0.15, -0.1) is 0 Å².